The minimum Gasteiger partial charge on any atom is -0.320 e. The molecular formula is C26H22BrClN4O3. The smallest absolute Gasteiger partial charge is 0.320 e. The van der Waals surface area contributed by atoms with Crippen LogP contribution in [0.5, 0.6) is 0 Å². The average Bonchev–Trinajstić information content (AvgIpc) is 3.15. The highest BCUT2D eigenvalue weighted by Crippen LogP contribution is 2.25. The van der Waals surface area contributed by atoms with Gasteiger partial charge in [-0.3, -0.25) is 19.8 Å². The molecule has 35 heavy (non-hydrogen) atoms. The Morgan fingerprint density at radius 2 is 1.57 bits per heavy atom. The maximum absolute atomic E-state index is 13.2. The van der Waals surface area contributed by atoms with Crippen LogP contribution in [-0.4, -0.2) is 22.4 Å². The van der Waals surface area contributed by atoms with Crippen molar-refractivity contribution < 1.29 is 14.4 Å². The van der Waals surface area contributed by atoms with Crippen LogP contribution in [-0.2, 0) is 9.59 Å². The fraction of sp³-hybridized carbons (Fsp3) is 0.115. The van der Waals surface area contributed by atoms with Crippen LogP contribution in [0.2, 0.25) is 5.02 Å². The maximum Gasteiger partial charge on any atom is 0.328 e. The number of hydrogen-bond donors (Lipinski definition) is 3. The van der Waals surface area contributed by atoms with Crippen molar-refractivity contribution in [3.05, 3.63) is 92.5 Å². The third-order valence-corrected chi connectivity index (χ3v) is 6.35. The molecule has 1 heterocycles. The average molecular weight is 554 g/mol. The Morgan fingerprint density at radius 1 is 0.800 bits per heavy atom. The summed E-state index contributed by atoms with van der Waals surface area (Å²) in [4.78, 5) is 38.6. The van der Waals surface area contributed by atoms with Gasteiger partial charge < -0.3 is 10.6 Å². The first-order valence-electron chi connectivity index (χ1n) is 10.7. The van der Waals surface area contributed by atoms with Gasteiger partial charge in [0.2, 0.25) is 0 Å². The summed E-state index contributed by atoms with van der Waals surface area (Å²) in [5.74, 6) is -2.25. The number of hydrogen-bond acceptors (Lipinski definition) is 3. The predicted molar refractivity (Wildman–Crippen MR) is 143 cm³/mol. The molecule has 0 spiro atoms. The van der Waals surface area contributed by atoms with Crippen LogP contribution in [0.25, 0.3) is 10.9 Å². The largest absolute Gasteiger partial charge is 0.328 e. The summed E-state index contributed by atoms with van der Waals surface area (Å²) in [6.45, 7) is 5.74. The van der Waals surface area contributed by atoms with Crippen molar-refractivity contribution in [2.24, 2.45) is 0 Å². The minimum absolute atomic E-state index is 0.136. The zero-order valence-corrected chi connectivity index (χ0v) is 21.5. The predicted octanol–water partition coefficient (Wildman–Crippen LogP) is 5.94. The number of anilines is 2. The van der Waals surface area contributed by atoms with Gasteiger partial charge in [0, 0.05) is 26.3 Å². The van der Waals surface area contributed by atoms with Gasteiger partial charge in [0.25, 0.3) is 5.91 Å². The van der Waals surface area contributed by atoms with Crippen molar-refractivity contribution >= 4 is 67.5 Å². The van der Waals surface area contributed by atoms with Crippen LogP contribution in [0, 0.1) is 20.8 Å². The second-order valence-electron chi connectivity index (χ2n) is 8.18. The second kappa shape index (κ2) is 9.93. The summed E-state index contributed by atoms with van der Waals surface area (Å²) >= 11 is 9.54. The molecule has 0 bridgehead atoms. The van der Waals surface area contributed by atoms with Gasteiger partial charge in [0.1, 0.15) is 5.69 Å². The first kappa shape index (κ1) is 24.5. The lowest BCUT2D eigenvalue weighted by Gasteiger charge is -2.14. The molecule has 4 aromatic rings. The molecule has 178 valence electrons. The standard InChI is InChI=1S/C26H22BrClN4O3/c1-14-4-7-20(11-15(14)2)29-25(34)26(35)31-32-22-9-6-19(28)12-17(22)13-23(32)24(33)30-21-8-5-18(27)10-16(21)3/h4-13H,1-3H3,(H,29,34)(H,30,33)(H,31,35). The minimum atomic E-state index is -0.926. The van der Waals surface area contributed by atoms with E-state index in [0.717, 1.165) is 21.2 Å². The Balaban J connectivity index is 1.63. The van der Waals surface area contributed by atoms with Crippen LogP contribution >= 0.6 is 27.5 Å². The third-order valence-electron chi connectivity index (χ3n) is 5.62. The van der Waals surface area contributed by atoms with Gasteiger partial charge in [-0.25, -0.2) is 4.68 Å². The summed E-state index contributed by atoms with van der Waals surface area (Å²) in [5, 5.41) is 6.55. The van der Waals surface area contributed by atoms with Crippen molar-refractivity contribution in [2.75, 3.05) is 16.1 Å². The van der Waals surface area contributed by atoms with Gasteiger partial charge in [-0.05, 0) is 92.1 Å². The molecule has 0 saturated heterocycles. The Morgan fingerprint density at radius 3 is 2.29 bits per heavy atom. The molecule has 0 atom stereocenters. The van der Waals surface area contributed by atoms with E-state index in [2.05, 4.69) is 32.0 Å². The first-order chi connectivity index (χ1) is 16.6. The van der Waals surface area contributed by atoms with Crippen LogP contribution in [0.15, 0.2) is 65.1 Å². The fourth-order valence-corrected chi connectivity index (χ4v) is 4.24. The van der Waals surface area contributed by atoms with E-state index in [-0.39, 0.29) is 5.69 Å². The van der Waals surface area contributed by atoms with Gasteiger partial charge in [-0.1, -0.05) is 33.6 Å². The quantitative estimate of drug-likeness (QED) is 0.273. The van der Waals surface area contributed by atoms with Crippen molar-refractivity contribution in [3.63, 3.8) is 0 Å². The highest BCUT2D eigenvalue weighted by atomic mass is 79.9. The van der Waals surface area contributed by atoms with Crippen LogP contribution in [0.1, 0.15) is 27.2 Å². The molecule has 0 unspecified atom stereocenters. The molecule has 3 aromatic carbocycles. The van der Waals surface area contributed by atoms with E-state index < -0.39 is 17.7 Å². The highest BCUT2D eigenvalue weighted by Gasteiger charge is 2.21. The molecular weight excluding hydrogens is 532 g/mol. The lowest BCUT2D eigenvalue weighted by molar-refractivity contribution is -0.133. The molecule has 3 amide bonds. The number of rotatable bonds is 4. The van der Waals surface area contributed by atoms with E-state index in [1.807, 2.05) is 39.0 Å². The fourth-order valence-electron chi connectivity index (χ4n) is 3.59. The number of aromatic nitrogens is 1. The molecule has 0 aliphatic heterocycles. The molecule has 0 saturated carbocycles. The number of nitrogens with zero attached hydrogens (tertiary/aromatic N) is 1. The lowest BCUT2D eigenvalue weighted by Crippen LogP contribution is -2.36. The second-order valence-corrected chi connectivity index (χ2v) is 9.53. The number of carbonyl (C=O) groups excluding carboxylic acids is 3. The summed E-state index contributed by atoms with van der Waals surface area (Å²) in [7, 11) is 0. The topological polar surface area (TPSA) is 92.2 Å². The molecule has 9 heteroatoms. The Bertz CT molecular complexity index is 1500. The summed E-state index contributed by atoms with van der Waals surface area (Å²) in [5.41, 5.74) is 7.22. The van der Waals surface area contributed by atoms with E-state index in [4.69, 9.17) is 11.6 Å². The van der Waals surface area contributed by atoms with E-state index >= 15 is 0 Å². The molecule has 4 rings (SSSR count). The van der Waals surface area contributed by atoms with Gasteiger partial charge in [0.15, 0.2) is 0 Å². The van der Waals surface area contributed by atoms with Crippen LogP contribution in [0.4, 0.5) is 11.4 Å². The highest BCUT2D eigenvalue weighted by molar-refractivity contribution is 9.10. The number of fused-ring (bicyclic) bond motifs is 1. The molecule has 0 radical (unpaired) electrons. The number of nitrogens with one attached hydrogen (secondary N) is 3. The number of amides is 3. The third kappa shape index (κ3) is 5.39. The zero-order chi connectivity index (χ0) is 25.3. The van der Waals surface area contributed by atoms with Crippen molar-refractivity contribution in [1.82, 2.24) is 4.68 Å². The molecule has 1 aromatic heterocycles. The Kier molecular flexibility index (Phi) is 6.95. The molecule has 3 N–H and O–H groups in total. The number of benzene rings is 3. The van der Waals surface area contributed by atoms with Crippen molar-refractivity contribution in [3.8, 4) is 0 Å². The van der Waals surface area contributed by atoms with E-state index in [1.54, 1.807) is 42.5 Å². The molecule has 0 fully saturated rings. The Labute approximate surface area is 215 Å². The Hall–Kier alpha value is -3.62. The van der Waals surface area contributed by atoms with Gasteiger partial charge in [-0.2, -0.15) is 0 Å². The van der Waals surface area contributed by atoms with Gasteiger partial charge >= 0.3 is 11.8 Å². The lowest BCUT2D eigenvalue weighted by atomic mass is 10.1. The van der Waals surface area contributed by atoms with Gasteiger partial charge in [-0.15, -0.1) is 0 Å². The molecule has 0 aliphatic rings. The summed E-state index contributed by atoms with van der Waals surface area (Å²) in [6.07, 6.45) is 0. The van der Waals surface area contributed by atoms with E-state index in [0.29, 0.717) is 27.3 Å². The monoisotopic (exact) mass is 552 g/mol. The number of aryl methyl sites for hydroxylation is 3. The van der Waals surface area contributed by atoms with E-state index in [1.165, 1.54) is 4.68 Å². The van der Waals surface area contributed by atoms with Gasteiger partial charge in [0.05, 0.1) is 5.52 Å². The van der Waals surface area contributed by atoms with Crippen molar-refractivity contribution in [1.29, 1.82) is 0 Å². The van der Waals surface area contributed by atoms with Crippen LogP contribution < -0.4 is 16.1 Å². The van der Waals surface area contributed by atoms with Crippen molar-refractivity contribution in [2.45, 2.75) is 20.8 Å². The first-order valence-corrected chi connectivity index (χ1v) is 11.9. The SMILES string of the molecule is Cc1ccc(NC(=O)C(=O)Nn2c(C(=O)Nc3ccc(Br)cc3C)cc3cc(Cl)ccc32)cc1C. The maximum atomic E-state index is 13.2. The number of carbonyl (C=O) groups is 3. The summed E-state index contributed by atoms with van der Waals surface area (Å²) < 4.78 is 2.18. The molecule has 0 aliphatic carbocycles. The normalized spacial score (nSPS) is 10.8. The molecule has 7 nitrogen and oxygen atoms in total. The summed E-state index contributed by atoms with van der Waals surface area (Å²) in [6, 6.07) is 17.4. The van der Waals surface area contributed by atoms with E-state index in [9.17, 15) is 14.4 Å². The number of halogens is 2. The van der Waals surface area contributed by atoms with Crippen LogP contribution in [0.3, 0.4) is 0 Å². The zero-order valence-electron chi connectivity index (χ0n) is 19.2.